The molecule has 1 atom stereocenters. The molecule has 0 radical (unpaired) electrons. The maximum Gasteiger partial charge on any atom is 0.404 e. The second-order valence-electron chi connectivity index (χ2n) is 3.18. The number of piperidine rings is 1. The first kappa shape index (κ1) is 9.84. The summed E-state index contributed by atoms with van der Waals surface area (Å²) in [5.41, 5.74) is 0. The van der Waals surface area contributed by atoms with Gasteiger partial charge < -0.3 is 0 Å². The van der Waals surface area contributed by atoms with Crippen LogP contribution in [0.3, 0.4) is 0 Å². The Balaban J connectivity index is 2.59. The summed E-state index contributed by atoms with van der Waals surface area (Å²) < 4.78 is 37.0. The zero-order valence-corrected chi connectivity index (χ0v) is 7.19. The zero-order valence-electron chi connectivity index (χ0n) is 7.19. The van der Waals surface area contributed by atoms with E-state index in [4.69, 9.17) is 0 Å². The maximum absolute atomic E-state index is 12.3. The molecule has 0 spiro atoms. The monoisotopic (exact) mass is 181 g/mol. The Hall–Kier alpha value is -0.250. The van der Waals surface area contributed by atoms with E-state index in [1.165, 1.54) is 4.90 Å². The van der Waals surface area contributed by atoms with Crippen molar-refractivity contribution < 1.29 is 13.2 Å². The Kier molecular flexibility index (Phi) is 2.99. The fourth-order valence-electron chi connectivity index (χ4n) is 1.74. The molecular weight excluding hydrogens is 167 g/mol. The van der Waals surface area contributed by atoms with E-state index in [2.05, 4.69) is 0 Å². The predicted octanol–water partition coefficient (Wildman–Crippen LogP) is 2.42. The van der Waals surface area contributed by atoms with Crippen LogP contribution < -0.4 is 0 Å². The van der Waals surface area contributed by atoms with Gasteiger partial charge in [0.05, 0.1) is 0 Å². The lowest BCUT2D eigenvalue weighted by Crippen LogP contribution is -2.48. The molecule has 4 heteroatoms. The molecule has 12 heavy (non-hydrogen) atoms. The maximum atomic E-state index is 12.3. The van der Waals surface area contributed by atoms with Crippen molar-refractivity contribution in [2.24, 2.45) is 0 Å². The van der Waals surface area contributed by atoms with Gasteiger partial charge in [-0.2, -0.15) is 13.2 Å². The first-order chi connectivity index (χ1) is 5.55. The highest BCUT2D eigenvalue weighted by Gasteiger charge is 2.43. The fourth-order valence-corrected chi connectivity index (χ4v) is 1.74. The van der Waals surface area contributed by atoms with Gasteiger partial charge in [-0.3, -0.25) is 4.90 Å². The quantitative estimate of drug-likeness (QED) is 0.600. The van der Waals surface area contributed by atoms with Crippen molar-refractivity contribution >= 4 is 0 Å². The Morgan fingerprint density at radius 2 is 2.00 bits per heavy atom. The summed E-state index contributed by atoms with van der Waals surface area (Å²) in [6.07, 6.45) is -2.14. The van der Waals surface area contributed by atoms with Gasteiger partial charge in [0.1, 0.15) is 6.04 Å². The van der Waals surface area contributed by atoms with Crippen LogP contribution in [0.1, 0.15) is 26.2 Å². The van der Waals surface area contributed by atoms with E-state index < -0.39 is 12.2 Å². The Bertz CT molecular complexity index is 144. The lowest BCUT2D eigenvalue weighted by atomic mass is 10.0. The van der Waals surface area contributed by atoms with Crippen molar-refractivity contribution in [2.75, 3.05) is 13.1 Å². The summed E-state index contributed by atoms with van der Waals surface area (Å²) in [7, 11) is 0. The molecule has 1 heterocycles. The molecule has 1 nitrogen and oxygen atoms in total. The highest BCUT2D eigenvalue weighted by molar-refractivity contribution is 4.81. The van der Waals surface area contributed by atoms with Crippen LogP contribution in [0.4, 0.5) is 13.2 Å². The molecule has 1 saturated heterocycles. The van der Waals surface area contributed by atoms with Gasteiger partial charge in [0.25, 0.3) is 0 Å². The van der Waals surface area contributed by atoms with Crippen LogP contribution in [-0.2, 0) is 0 Å². The highest BCUT2D eigenvalue weighted by Crippen LogP contribution is 2.31. The Morgan fingerprint density at radius 3 is 2.42 bits per heavy atom. The molecular formula is C8H14F3N. The van der Waals surface area contributed by atoms with Crippen molar-refractivity contribution in [3.63, 3.8) is 0 Å². The first-order valence-electron chi connectivity index (χ1n) is 4.36. The van der Waals surface area contributed by atoms with Crippen LogP contribution in [0, 0.1) is 0 Å². The van der Waals surface area contributed by atoms with Crippen molar-refractivity contribution in [2.45, 2.75) is 38.4 Å². The van der Waals surface area contributed by atoms with E-state index in [1.807, 2.05) is 0 Å². The van der Waals surface area contributed by atoms with Crippen LogP contribution in [0.25, 0.3) is 0 Å². The van der Waals surface area contributed by atoms with Crippen LogP contribution in [-0.4, -0.2) is 30.2 Å². The molecule has 1 aliphatic rings. The van der Waals surface area contributed by atoms with Gasteiger partial charge in [0.2, 0.25) is 0 Å². The summed E-state index contributed by atoms with van der Waals surface area (Å²) in [4.78, 5) is 1.52. The van der Waals surface area contributed by atoms with Crippen molar-refractivity contribution in [3.05, 3.63) is 0 Å². The molecule has 0 aromatic carbocycles. The number of rotatable bonds is 1. The summed E-state index contributed by atoms with van der Waals surface area (Å²) in [6, 6.07) is -1.18. The number of alkyl halides is 3. The average Bonchev–Trinajstić information content (AvgIpc) is 2.03. The number of hydrogen-bond donors (Lipinski definition) is 0. The second-order valence-corrected chi connectivity index (χ2v) is 3.18. The fraction of sp³-hybridized carbons (Fsp3) is 1.00. The summed E-state index contributed by atoms with van der Waals surface area (Å²) in [5.74, 6) is 0. The lowest BCUT2D eigenvalue weighted by Gasteiger charge is -2.35. The summed E-state index contributed by atoms with van der Waals surface area (Å²) in [6.45, 7) is 2.88. The molecule has 72 valence electrons. The lowest BCUT2D eigenvalue weighted by molar-refractivity contribution is -0.190. The van der Waals surface area contributed by atoms with E-state index in [0.29, 0.717) is 19.5 Å². The second kappa shape index (κ2) is 3.64. The normalized spacial score (nSPS) is 27.5. The van der Waals surface area contributed by atoms with E-state index in [0.717, 1.165) is 6.42 Å². The van der Waals surface area contributed by atoms with E-state index in [9.17, 15) is 13.2 Å². The SMILES string of the molecule is CCN1CCCC[C@@H]1C(F)(F)F. The molecule has 0 N–H and O–H groups in total. The number of halogens is 3. The van der Waals surface area contributed by atoms with E-state index >= 15 is 0 Å². The molecule has 0 aliphatic carbocycles. The van der Waals surface area contributed by atoms with Gasteiger partial charge >= 0.3 is 6.18 Å². The third kappa shape index (κ3) is 2.12. The molecule has 0 unspecified atom stereocenters. The van der Waals surface area contributed by atoms with Gasteiger partial charge in [0, 0.05) is 0 Å². The number of nitrogens with zero attached hydrogens (tertiary/aromatic N) is 1. The Labute approximate surface area is 70.5 Å². The number of likely N-dealkylation sites (tertiary alicyclic amines) is 1. The number of hydrogen-bond acceptors (Lipinski definition) is 1. The third-order valence-corrected chi connectivity index (χ3v) is 2.40. The minimum Gasteiger partial charge on any atom is -0.293 e. The van der Waals surface area contributed by atoms with Crippen molar-refractivity contribution in [3.8, 4) is 0 Å². The Morgan fingerprint density at radius 1 is 1.33 bits per heavy atom. The molecule has 0 amide bonds. The molecule has 1 fully saturated rings. The molecule has 0 saturated carbocycles. The van der Waals surface area contributed by atoms with Crippen LogP contribution in [0.15, 0.2) is 0 Å². The van der Waals surface area contributed by atoms with Gasteiger partial charge in [0.15, 0.2) is 0 Å². The van der Waals surface area contributed by atoms with Crippen LogP contribution >= 0.6 is 0 Å². The van der Waals surface area contributed by atoms with Crippen molar-refractivity contribution in [1.82, 2.24) is 4.90 Å². The first-order valence-corrected chi connectivity index (χ1v) is 4.36. The standard InChI is InChI=1S/C8H14F3N/c1-2-12-6-4-3-5-7(12)8(9,10)11/h7H,2-6H2,1H3/t7-/m1/s1. The largest absolute Gasteiger partial charge is 0.404 e. The third-order valence-electron chi connectivity index (χ3n) is 2.40. The van der Waals surface area contributed by atoms with Gasteiger partial charge in [-0.05, 0) is 25.9 Å². The van der Waals surface area contributed by atoms with E-state index in [-0.39, 0.29) is 6.42 Å². The minimum absolute atomic E-state index is 0.275. The average molecular weight is 181 g/mol. The molecule has 0 aromatic rings. The highest BCUT2D eigenvalue weighted by atomic mass is 19.4. The molecule has 0 bridgehead atoms. The summed E-state index contributed by atoms with van der Waals surface area (Å²) >= 11 is 0. The smallest absolute Gasteiger partial charge is 0.293 e. The zero-order chi connectivity index (χ0) is 9.19. The van der Waals surface area contributed by atoms with Crippen LogP contribution in [0.2, 0.25) is 0 Å². The minimum atomic E-state index is -4.03. The summed E-state index contributed by atoms with van der Waals surface area (Å²) in [5, 5.41) is 0. The molecule has 1 rings (SSSR count). The molecule has 1 aliphatic heterocycles. The molecule has 0 aromatic heterocycles. The topological polar surface area (TPSA) is 3.24 Å². The van der Waals surface area contributed by atoms with Gasteiger partial charge in [-0.25, -0.2) is 0 Å². The van der Waals surface area contributed by atoms with Gasteiger partial charge in [-0.15, -0.1) is 0 Å². The van der Waals surface area contributed by atoms with Gasteiger partial charge in [-0.1, -0.05) is 13.3 Å². The van der Waals surface area contributed by atoms with Crippen LogP contribution in [0.5, 0.6) is 0 Å². The van der Waals surface area contributed by atoms with E-state index in [1.54, 1.807) is 6.92 Å². The van der Waals surface area contributed by atoms with Crippen molar-refractivity contribution in [1.29, 1.82) is 0 Å². The predicted molar refractivity (Wildman–Crippen MR) is 40.9 cm³/mol.